The molecule has 0 radical (unpaired) electrons. The summed E-state index contributed by atoms with van der Waals surface area (Å²) in [5, 5.41) is 7.63. The van der Waals surface area contributed by atoms with Gasteiger partial charge in [-0.15, -0.1) is 0 Å². The van der Waals surface area contributed by atoms with Gasteiger partial charge in [0.15, 0.2) is 5.69 Å². The maximum absolute atomic E-state index is 7.25. The van der Waals surface area contributed by atoms with Crippen molar-refractivity contribution in [3.63, 3.8) is 0 Å². The predicted molar refractivity (Wildman–Crippen MR) is 201 cm³/mol. The van der Waals surface area contributed by atoms with Gasteiger partial charge in [0, 0.05) is 0 Å². The summed E-state index contributed by atoms with van der Waals surface area (Å²) in [5.74, 6) is 0. The first kappa shape index (κ1) is 28.3. The number of fused-ring (bicyclic) bond motifs is 4. The van der Waals surface area contributed by atoms with Crippen LogP contribution >= 0.6 is 0 Å². The fourth-order valence-electron chi connectivity index (χ4n) is 6.94. The van der Waals surface area contributed by atoms with Crippen molar-refractivity contribution >= 4 is 44.1 Å². The second-order valence-corrected chi connectivity index (χ2v) is 11.9. The molecule has 0 bridgehead atoms. The molecular formula is C46H31N. The second-order valence-electron chi connectivity index (χ2n) is 11.9. The Morgan fingerprint density at radius 3 is 1.85 bits per heavy atom. The Bertz CT molecular complexity index is 2460. The molecule has 1 heteroatoms. The molecule has 8 aromatic carbocycles. The van der Waals surface area contributed by atoms with Gasteiger partial charge in [-0.2, -0.15) is 0 Å². The van der Waals surface area contributed by atoms with Gasteiger partial charge in [0.2, 0.25) is 0 Å². The molecule has 0 aliphatic carbocycles. The van der Waals surface area contributed by atoms with E-state index in [0.29, 0.717) is 5.69 Å². The first-order valence-electron chi connectivity index (χ1n) is 16.0. The zero-order valence-electron chi connectivity index (χ0n) is 25.9. The molecule has 0 aliphatic rings. The highest BCUT2D eigenvalue weighted by atomic mass is 14.6. The highest BCUT2D eigenvalue weighted by molar-refractivity contribution is 6.27. The number of rotatable bonds is 6. The van der Waals surface area contributed by atoms with E-state index in [4.69, 9.17) is 6.57 Å². The maximum Gasteiger partial charge on any atom is 0.187 e. The van der Waals surface area contributed by atoms with Crippen molar-refractivity contribution in [2.75, 3.05) is 0 Å². The van der Waals surface area contributed by atoms with Gasteiger partial charge in [-0.05, 0) is 83.2 Å². The molecule has 8 rings (SSSR count). The summed E-state index contributed by atoms with van der Waals surface area (Å²) >= 11 is 0. The van der Waals surface area contributed by atoms with Crippen LogP contribution in [0.4, 0.5) is 5.69 Å². The van der Waals surface area contributed by atoms with Crippen molar-refractivity contribution < 1.29 is 0 Å². The Hall–Kier alpha value is -6.23. The zero-order valence-corrected chi connectivity index (χ0v) is 25.9. The van der Waals surface area contributed by atoms with Crippen molar-refractivity contribution in [3.8, 4) is 33.4 Å². The molecule has 0 aliphatic heterocycles. The molecule has 220 valence electrons. The van der Waals surface area contributed by atoms with E-state index < -0.39 is 0 Å². The molecule has 0 atom stereocenters. The zero-order chi connectivity index (χ0) is 31.6. The van der Waals surface area contributed by atoms with Gasteiger partial charge in [-0.3, -0.25) is 0 Å². The molecule has 1 nitrogen and oxygen atoms in total. The highest BCUT2D eigenvalue weighted by Crippen LogP contribution is 2.46. The summed E-state index contributed by atoms with van der Waals surface area (Å²) in [6.07, 6.45) is 5.28. The van der Waals surface area contributed by atoms with Crippen LogP contribution in [-0.2, 0) is 6.42 Å². The summed E-state index contributed by atoms with van der Waals surface area (Å²) in [6.45, 7) is 7.25. The van der Waals surface area contributed by atoms with E-state index in [1.54, 1.807) is 0 Å². The van der Waals surface area contributed by atoms with Crippen LogP contribution in [0.2, 0.25) is 0 Å². The van der Waals surface area contributed by atoms with Crippen LogP contribution in [0.3, 0.4) is 0 Å². The summed E-state index contributed by atoms with van der Waals surface area (Å²) in [4.78, 5) is 3.53. The fourth-order valence-corrected chi connectivity index (χ4v) is 6.94. The Morgan fingerprint density at radius 1 is 0.468 bits per heavy atom. The van der Waals surface area contributed by atoms with Crippen LogP contribution in [0.1, 0.15) is 11.1 Å². The second kappa shape index (κ2) is 12.3. The lowest BCUT2D eigenvalue weighted by atomic mass is 9.84. The Kier molecular flexibility index (Phi) is 7.38. The predicted octanol–water partition coefficient (Wildman–Crippen LogP) is 13.0. The minimum Gasteiger partial charge on any atom is -0.238 e. The molecule has 0 aromatic heterocycles. The molecule has 47 heavy (non-hydrogen) atoms. The van der Waals surface area contributed by atoms with Gasteiger partial charge in [-0.25, -0.2) is 4.85 Å². The van der Waals surface area contributed by atoms with Crippen molar-refractivity contribution in [1.82, 2.24) is 0 Å². The van der Waals surface area contributed by atoms with Gasteiger partial charge in [-0.1, -0.05) is 176 Å². The summed E-state index contributed by atoms with van der Waals surface area (Å²) < 4.78 is 0. The molecule has 0 saturated heterocycles. The number of benzene rings is 8. The van der Waals surface area contributed by atoms with Crippen molar-refractivity contribution in [1.29, 1.82) is 0 Å². The van der Waals surface area contributed by atoms with E-state index in [1.165, 1.54) is 71.3 Å². The quantitative estimate of drug-likeness (QED) is 0.102. The van der Waals surface area contributed by atoms with Crippen molar-refractivity contribution in [2.24, 2.45) is 0 Å². The van der Waals surface area contributed by atoms with Crippen LogP contribution in [0.25, 0.3) is 76.6 Å². The standard InChI is InChI=1S/C46H31N/c1-47-38-29-26-35(27-30-38)39-18-7-5-13-33(39)17-11-12-32-22-24-37(25-23-32)44-41-20-9-10-21-42(41)45(36-15-3-2-4-16-36)46-40-19-8-6-14-34(40)28-31-43(44)46/h2-16,18-31H,17H2/b12-11+. The lowest BCUT2D eigenvalue weighted by Gasteiger charge is -2.19. The summed E-state index contributed by atoms with van der Waals surface area (Å²) in [5.41, 5.74) is 10.5. The van der Waals surface area contributed by atoms with E-state index in [9.17, 15) is 0 Å². The third-order valence-corrected chi connectivity index (χ3v) is 9.15. The molecular weight excluding hydrogens is 567 g/mol. The lowest BCUT2D eigenvalue weighted by Crippen LogP contribution is -1.92. The lowest BCUT2D eigenvalue weighted by molar-refractivity contribution is 1.28. The van der Waals surface area contributed by atoms with Crippen LogP contribution in [0.15, 0.2) is 170 Å². The minimum absolute atomic E-state index is 0.663. The first-order chi connectivity index (χ1) is 23.3. The summed E-state index contributed by atoms with van der Waals surface area (Å²) in [7, 11) is 0. The van der Waals surface area contributed by atoms with Gasteiger partial charge in [0.05, 0.1) is 6.57 Å². The van der Waals surface area contributed by atoms with Crippen LogP contribution in [0, 0.1) is 6.57 Å². The highest BCUT2D eigenvalue weighted by Gasteiger charge is 2.18. The molecule has 0 saturated carbocycles. The topological polar surface area (TPSA) is 4.36 Å². The number of hydrogen-bond donors (Lipinski definition) is 0. The number of hydrogen-bond acceptors (Lipinski definition) is 0. The van der Waals surface area contributed by atoms with Crippen LogP contribution < -0.4 is 0 Å². The minimum atomic E-state index is 0.663. The van der Waals surface area contributed by atoms with Gasteiger partial charge in [0.25, 0.3) is 0 Å². The SMILES string of the molecule is [C-]#[N+]c1ccc(-c2ccccc2C/C=C/c2ccc(-c3c4ccccc4c(-c4ccccc4)c4c3ccc3ccccc34)cc2)cc1. The Labute approximate surface area is 275 Å². The van der Waals surface area contributed by atoms with Crippen molar-refractivity contribution in [2.45, 2.75) is 6.42 Å². The molecule has 0 unspecified atom stereocenters. The molecule has 8 aromatic rings. The normalized spacial score (nSPS) is 11.4. The average Bonchev–Trinajstić information content (AvgIpc) is 3.14. The number of allylic oxidation sites excluding steroid dienone is 1. The van der Waals surface area contributed by atoms with Crippen LogP contribution in [-0.4, -0.2) is 0 Å². The van der Waals surface area contributed by atoms with E-state index in [2.05, 4.69) is 157 Å². The third-order valence-electron chi connectivity index (χ3n) is 9.15. The third kappa shape index (κ3) is 5.27. The van der Waals surface area contributed by atoms with Gasteiger partial charge >= 0.3 is 0 Å². The van der Waals surface area contributed by atoms with E-state index in [0.717, 1.165) is 12.0 Å². The first-order valence-corrected chi connectivity index (χ1v) is 16.0. The molecule has 0 N–H and O–H groups in total. The van der Waals surface area contributed by atoms with Crippen LogP contribution in [0.5, 0.6) is 0 Å². The maximum atomic E-state index is 7.25. The molecule has 0 spiro atoms. The van der Waals surface area contributed by atoms with E-state index in [-0.39, 0.29) is 0 Å². The Balaban J connectivity index is 1.19. The Morgan fingerprint density at radius 2 is 1.09 bits per heavy atom. The molecule has 0 amide bonds. The number of nitrogens with zero attached hydrogens (tertiary/aromatic N) is 1. The monoisotopic (exact) mass is 597 g/mol. The van der Waals surface area contributed by atoms with Crippen molar-refractivity contribution in [3.05, 3.63) is 192 Å². The average molecular weight is 598 g/mol. The van der Waals surface area contributed by atoms with E-state index in [1.807, 2.05) is 24.3 Å². The molecule has 0 heterocycles. The fraction of sp³-hybridized carbons (Fsp3) is 0.0217. The smallest absolute Gasteiger partial charge is 0.187 e. The van der Waals surface area contributed by atoms with E-state index >= 15 is 0 Å². The van der Waals surface area contributed by atoms with Gasteiger partial charge in [0.1, 0.15) is 0 Å². The molecule has 0 fully saturated rings. The largest absolute Gasteiger partial charge is 0.238 e. The van der Waals surface area contributed by atoms with Gasteiger partial charge < -0.3 is 0 Å². The summed E-state index contributed by atoms with van der Waals surface area (Å²) in [6, 6.07) is 58.4.